The molecule has 0 saturated heterocycles. The summed E-state index contributed by atoms with van der Waals surface area (Å²) in [6.07, 6.45) is 4.29. The molecule has 0 aromatic heterocycles. The summed E-state index contributed by atoms with van der Waals surface area (Å²) in [6.45, 7) is 5.46. The van der Waals surface area contributed by atoms with Crippen molar-refractivity contribution in [1.82, 2.24) is 5.32 Å². The summed E-state index contributed by atoms with van der Waals surface area (Å²) in [6, 6.07) is -0.149. The van der Waals surface area contributed by atoms with Crippen LogP contribution in [0.1, 0.15) is 52.9 Å². The molecule has 0 aromatic rings. The number of ether oxygens (including phenoxy) is 1. The molecule has 0 spiro atoms. The number of hydrogen-bond donors (Lipinski definition) is 1. The highest BCUT2D eigenvalue weighted by molar-refractivity contribution is 6.28. The topological polar surface area (TPSA) is 55.4 Å². The van der Waals surface area contributed by atoms with Gasteiger partial charge in [0.2, 0.25) is 0 Å². The van der Waals surface area contributed by atoms with Gasteiger partial charge in [0.25, 0.3) is 0 Å². The van der Waals surface area contributed by atoms with E-state index in [1.807, 2.05) is 20.8 Å². The van der Waals surface area contributed by atoms with Crippen LogP contribution in [0.5, 0.6) is 0 Å². The number of carbonyl (C=O) groups is 2. The predicted molar refractivity (Wildman–Crippen MR) is 75.5 cm³/mol. The van der Waals surface area contributed by atoms with Gasteiger partial charge in [-0.15, -0.1) is 11.6 Å². The fourth-order valence-electron chi connectivity index (χ4n) is 2.42. The Morgan fingerprint density at radius 1 is 1.21 bits per heavy atom. The third kappa shape index (κ3) is 5.81. The van der Waals surface area contributed by atoms with E-state index in [4.69, 9.17) is 16.3 Å². The smallest absolute Gasteiger partial charge is 0.407 e. The van der Waals surface area contributed by atoms with Crippen LogP contribution < -0.4 is 5.32 Å². The first-order valence-corrected chi connectivity index (χ1v) is 7.45. The quantitative estimate of drug-likeness (QED) is 0.641. The van der Waals surface area contributed by atoms with Gasteiger partial charge in [0.15, 0.2) is 5.78 Å². The molecule has 0 aliphatic heterocycles. The molecule has 19 heavy (non-hydrogen) atoms. The number of alkyl halides is 1. The van der Waals surface area contributed by atoms with Crippen molar-refractivity contribution in [2.75, 3.05) is 5.88 Å². The van der Waals surface area contributed by atoms with Gasteiger partial charge < -0.3 is 10.1 Å². The van der Waals surface area contributed by atoms with Crippen molar-refractivity contribution >= 4 is 23.5 Å². The molecule has 0 aromatic carbocycles. The number of halogens is 1. The molecule has 2 unspecified atom stereocenters. The molecule has 5 heteroatoms. The van der Waals surface area contributed by atoms with Crippen LogP contribution in [0, 0.1) is 5.92 Å². The number of amides is 1. The van der Waals surface area contributed by atoms with Crippen LogP contribution in [-0.2, 0) is 9.53 Å². The lowest BCUT2D eigenvalue weighted by molar-refractivity contribution is -0.121. The summed E-state index contributed by atoms with van der Waals surface area (Å²) >= 11 is 5.65. The predicted octanol–water partition coefficient (Wildman–Crippen LogP) is 3.27. The van der Waals surface area contributed by atoms with Crippen molar-refractivity contribution in [3.8, 4) is 0 Å². The number of hydrogen-bond acceptors (Lipinski definition) is 3. The third-order valence-corrected chi connectivity index (χ3v) is 3.53. The van der Waals surface area contributed by atoms with E-state index in [-0.39, 0.29) is 23.6 Å². The number of nitrogens with one attached hydrogen (secondary N) is 1. The molecule has 2 atom stereocenters. The van der Waals surface area contributed by atoms with Gasteiger partial charge >= 0.3 is 6.09 Å². The minimum absolute atomic E-state index is 0.0111. The van der Waals surface area contributed by atoms with Crippen molar-refractivity contribution in [2.24, 2.45) is 5.92 Å². The average Bonchev–Trinajstić information content (AvgIpc) is 2.51. The molecule has 0 heterocycles. The van der Waals surface area contributed by atoms with E-state index in [1.165, 1.54) is 0 Å². The van der Waals surface area contributed by atoms with Crippen LogP contribution in [-0.4, -0.2) is 29.4 Å². The van der Waals surface area contributed by atoms with Gasteiger partial charge in [-0.1, -0.05) is 19.3 Å². The molecule has 1 saturated carbocycles. The lowest BCUT2D eigenvalue weighted by Gasteiger charge is -2.27. The largest absolute Gasteiger partial charge is 0.444 e. The monoisotopic (exact) mass is 289 g/mol. The lowest BCUT2D eigenvalue weighted by Crippen LogP contribution is -2.45. The molecule has 1 amide bonds. The maximum atomic E-state index is 11.9. The summed E-state index contributed by atoms with van der Waals surface area (Å²) < 4.78 is 5.25. The van der Waals surface area contributed by atoms with Crippen molar-refractivity contribution < 1.29 is 14.3 Å². The summed E-state index contributed by atoms with van der Waals surface area (Å²) in [5.41, 5.74) is -0.527. The van der Waals surface area contributed by atoms with Gasteiger partial charge in [-0.2, -0.15) is 0 Å². The molecular formula is C14H24ClNO3. The van der Waals surface area contributed by atoms with Gasteiger partial charge in [0.1, 0.15) is 5.60 Å². The fraction of sp³-hybridized carbons (Fsp3) is 0.857. The van der Waals surface area contributed by atoms with E-state index in [0.717, 1.165) is 32.1 Å². The molecule has 1 aliphatic carbocycles. The first-order chi connectivity index (χ1) is 8.83. The summed E-state index contributed by atoms with van der Waals surface area (Å²) in [5.74, 6) is -0.144. The minimum atomic E-state index is -0.527. The van der Waals surface area contributed by atoms with E-state index < -0.39 is 11.7 Å². The van der Waals surface area contributed by atoms with Gasteiger partial charge in [0, 0.05) is 12.0 Å². The second kappa shape index (κ2) is 7.13. The fourth-order valence-corrected chi connectivity index (χ4v) is 2.62. The zero-order valence-corrected chi connectivity index (χ0v) is 12.8. The molecule has 1 aliphatic rings. The van der Waals surface area contributed by atoms with Crippen LogP contribution in [0.4, 0.5) is 4.79 Å². The van der Waals surface area contributed by atoms with Crippen LogP contribution in [0.3, 0.4) is 0 Å². The second-order valence-corrected chi connectivity index (χ2v) is 6.36. The molecule has 4 nitrogen and oxygen atoms in total. The molecule has 1 N–H and O–H groups in total. The molecule has 1 fully saturated rings. The Morgan fingerprint density at radius 2 is 1.84 bits per heavy atom. The summed E-state index contributed by atoms with van der Waals surface area (Å²) in [7, 11) is 0. The molecule has 0 bridgehead atoms. The summed E-state index contributed by atoms with van der Waals surface area (Å²) in [5, 5.41) is 2.84. The standard InChI is InChI=1S/C14H24ClNO3/c1-14(2,3)19-13(18)16-11-8-6-4-5-7-10(11)12(17)9-15/h10-11H,4-9H2,1-3H3,(H,16,18). The zero-order chi connectivity index (χ0) is 14.5. The number of carbonyl (C=O) groups excluding carboxylic acids is 2. The Bertz CT molecular complexity index is 325. The van der Waals surface area contributed by atoms with Crippen LogP contribution in [0.15, 0.2) is 0 Å². The van der Waals surface area contributed by atoms with Crippen LogP contribution in [0.25, 0.3) is 0 Å². The zero-order valence-electron chi connectivity index (χ0n) is 12.0. The second-order valence-electron chi connectivity index (χ2n) is 6.10. The maximum Gasteiger partial charge on any atom is 0.407 e. The maximum absolute atomic E-state index is 11.9. The first kappa shape index (κ1) is 16.3. The average molecular weight is 290 g/mol. The molecular weight excluding hydrogens is 266 g/mol. The van der Waals surface area contributed by atoms with Crippen LogP contribution >= 0.6 is 11.6 Å². The van der Waals surface area contributed by atoms with Crippen molar-refractivity contribution in [1.29, 1.82) is 0 Å². The highest BCUT2D eigenvalue weighted by atomic mass is 35.5. The SMILES string of the molecule is CC(C)(C)OC(=O)NC1CCCCCC1C(=O)CCl. The Hall–Kier alpha value is -0.770. The van der Waals surface area contributed by atoms with Crippen molar-refractivity contribution in [2.45, 2.75) is 64.5 Å². The highest BCUT2D eigenvalue weighted by Crippen LogP contribution is 2.25. The first-order valence-electron chi connectivity index (χ1n) is 6.91. The Kier molecular flexibility index (Phi) is 6.11. The Morgan fingerprint density at radius 3 is 2.42 bits per heavy atom. The summed E-state index contributed by atoms with van der Waals surface area (Å²) in [4.78, 5) is 23.7. The van der Waals surface area contributed by atoms with E-state index in [1.54, 1.807) is 0 Å². The molecule has 110 valence electrons. The lowest BCUT2D eigenvalue weighted by atomic mass is 9.91. The van der Waals surface area contributed by atoms with E-state index in [2.05, 4.69) is 5.32 Å². The van der Waals surface area contributed by atoms with E-state index in [0.29, 0.717) is 0 Å². The number of ketones is 1. The van der Waals surface area contributed by atoms with Gasteiger partial charge in [-0.25, -0.2) is 4.79 Å². The molecule has 1 rings (SSSR count). The number of alkyl carbamates (subject to hydrolysis) is 1. The van der Waals surface area contributed by atoms with Crippen molar-refractivity contribution in [3.63, 3.8) is 0 Å². The van der Waals surface area contributed by atoms with Gasteiger partial charge in [-0.3, -0.25) is 4.79 Å². The van der Waals surface area contributed by atoms with Gasteiger partial charge in [-0.05, 0) is 33.6 Å². The van der Waals surface area contributed by atoms with E-state index in [9.17, 15) is 9.59 Å². The normalized spacial score (nSPS) is 24.4. The highest BCUT2D eigenvalue weighted by Gasteiger charge is 2.31. The van der Waals surface area contributed by atoms with Crippen molar-refractivity contribution in [3.05, 3.63) is 0 Å². The number of Topliss-reactive ketones (excluding diaryl/α,β-unsaturated/α-hetero) is 1. The third-order valence-electron chi connectivity index (χ3n) is 3.26. The Balaban J connectivity index is 2.65. The van der Waals surface area contributed by atoms with E-state index >= 15 is 0 Å². The Labute approximate surface area is 120 Å². The number of rotatable bonds is 3. The van der Waals surface area contributed by atoms with Crippen LogP contribution in [0.2, 0.25) is 0 Å². The van der Waals surface area contributed by atoms with Gasteiger partial charge in [0.05, 0.1) is 5.88 Å². The minimum Gasteiger partial charge on any atom is -0.444 e. The molecule has 0 radical (unpaired) electrons.